The molecule has 0 bridgehead atoms. The zero-order chi connectivity index (χ0) is 15.5. The van der Waals surface area contributed by atoms with Crippen molar-refractivity contribution in [2.24, 2.45) is 5.73 Å². The Balaban J connectivity index is 0.00000441. The average molecular weight is 329 g/mol. The lowest BCUT2D eigenvalue weighted by Crippen LogP contribution is -2.40. The number of hydrogen-bond acceptors (Lipinski definition) is 3. The third-order valence-electron chi connectivity index (χ3n) is 3.46. The summed E-state index contributed by atoms with van der Waals surface area (Å²) in [5.74, 6) is 0.954. The van der Waals surface area contributed by atoms with Gasteiger partial charge in [0.2, 0.25) is 5.91 Å². The number of benzene rings is 1. The van der Waals surface area contributed by atoms with Crippen LogP contribution < -0.4 is 15.8 Å². The number of ether oxygens (including phenoxy) is 1. The lowest BCUT2D eigenvalue weighted by Gasteiger charge is -2.16. The summed E-state index contributed by atoms with van der Waals surface area (Å²) in [4.78, 5) is 11.8. The Morgan fingerprint density at radius 1 is 1.32 bits per heavy atom. The van der Waals surface area contributed by atoms with E-state index in [0.717, 1.165) is 30.6 Å². The van der Waals surface area contributed by atoms with Crippen molar-refractivity contribution in [2.45, 2.75) is 52.0 Å². The van der Waals surface area contributed by atoms with Crippen molar-refractivity contribution in [3.05, 3.63) is 29.8 Å². The number of nitrogens with one attached hydrogen (secondary N) is 1. The number of rotatable bonds is 10. The van der Waals surface area contributed by atoms with E-state index in [2.05, 4.69) is 12.2 Å². The number of carbonyl (C=O) groups is 1. The van der Waals surface area contributed by atoms with Crippen LogP contribution in [0, 0.1) is 6.92 Å². The molecule has 1 aromatic rings. The van der Waals surface area contributed by atoms with E-state index < -0.39 is 0 Å². The molecule has 0 aliphatic carbocycles. The molecule has 0 aliphatic rings. The number of amides is 1. The minimum atomic E-state index is 0. The quantitative estimate of drug-likeness (QED) is 0.648. The third kappa shape index (κ3) is 8.25. The number of aryl methyl sites for hydroxylation is 1. The highest BCUT2D eigenvalue weighted by molar-refractivity contribution is 5.85. The Hall–Kier alpha value is -1.26. The van der Waals surface area contributed by atoms with Gasteiger partial charge in [-0.25, -0.2) is 0 Å². The first kappa shape index (κ1) is 20.7. The van der Waals surface area contributed by atoms with Crippen molar-refractivity contribution in [1.82, 2.24) is 5.32 Å². The van der Waals surface area contributed by atoms with Crippen molar-refractivity contribution >= 4 is 18.3 Å². The summed E-state index contributed by atoms with van der Waals surface area (Å²) >= 11 is 0. The van der Waals surface area contributed by atoms with Gasteiger partial charge in [0.05, 0.1) is 6.61 Å². The zero-order valence-electron chi connectivity index (χ0n) is 13.6. The van der Waals surface area contributed by atoms with E-state index in [1.54, 1.807) is 0 Å². The highest BCUT2D eigenvalue weighted by Gasteiger charge is 2.09. The maximum absolute atomic E-state index is 11.8. The van der Waals surface area contributed by atoms with E-state index in [9.17, 15) is 4.79 Å². The molecular weight excluding hydrogens is 300 g/mol. The summed E-state index contributed by atoms with van der Waals surface area (Å²) in [5.41, 5.74) is 6.79. The molecule has 3 N–H and O–H groups in total. The number of unbranched alkanes of at least 4 members (excludes halogenated alkanes) is 1. The van der Waals surface area contributed by atoms with Crippen LogP contribution >= 0.6 is 12.4 Å². The number of hydrogen-bond donors (Lipinski definition) is 2. The van der Waals surface area contributed by atoms with Gasteiger partial charge >= 0.3 is 0 Å². The van der Waals surface area contributed by atoms with Crippen LogP contribution in [0.3, 0.4) is 0 Å². The Kier molecular flexibility index (Phi) is 11.6. The predicted molar refractivity (Wildman–Crippen MR) is 93.7 cm³/mol. The van der Waals surface area contributed by atoms with Gasteiger partial charge in [0.25, 0.3) is 0 Å². The molecule has 0 fully saturated rings. The molecule has 0 heterocycles. The van der Waals surface area contributed by atoms with E-state index in [4.69, 9.17) is 10.5 Å². The van der Waals surface area contributed by atoms with Gasteiger partial charge in [0.15, 0.2) is 0 Å². The summed E-state index contributed by atoms with van der Waals surface area (Å²) in [7, 11) is 0. The molecule has 0 saturated heterocycles. The highest BCUT2D eigenvalue weighted by atomic mass is 35.5. The minimum absolute atomic E-state index is 0. The minimum Gasteiger partial charge on any atom is -0.493 e. The summed E-state index contributed by atoms with van der Waals surface area (Å²) < 4.78 is 5.68. The molecule has 4 nitrogen and oxygen atoms in total. The summed E-state index contributed by atoms with van der Waals surface area (Å²) in [6, 6.07) is 8.01. The lowest BCUT2D eigenvalue weighted by atomic mass is 10.1. The van der Waals surface area contributed by atoms with Crippen molar-refractivity contribution in [3.8, 4) is 5.75 Å². The first-order valence-electron chi connectivity index (χ1n) is 7.85. The number of nitrogens with two attached hydrogens (primary N) is 1. The molecule has 1 rings (SSSR count). The summed E-state index contributed by atoms with van der Waals surface area (Å²) in [6.45, 7) is 5.21. The molecule has 1 amide bonds. The Morgan fingerprint density at radius 3 is 2.68 bits per heavy atom. The Labute approximate surface area is 140 Å². The second-order valence-corrected chi connectivity index (χ2v) is 5.36. The van der Waals surface area contributed by atoms with E-state index >= 15 is 0 Å². The number of para-hydroxylation sites is 1. The standard InChI is InChI=1S/C17H28N2O2.ClH/c1-3-4-9-15(13-18)19-17(20)11-7-12-21-16-10-6-5-8-14(16)2;/h5-6,8,10,15H,3-4,7,9,11-13,18H2,1-2H3,(H,19,20);1H. The molecule has 0 spiro atoms. The van der Waals surface area contributed by atoms with Crippen LogP contribution in [0.2, 0.25) is 0 Å². The molecule has 126 valence electrons. The molecule has 5 heteroatoms. The molecule has 1 aromatic carbocycles. The largest absolute Gasteiger partial charge is 0.493 e. The van der Waals surface area contributed by atoms with Crippen LogP contribution in [-0.4, -0.2) is 25.1 Å². The van der Waals surface area contributed by atoms with Gasteiger partial charge < -0.3 is 15.8 Å². The number of halogens is 1. The molecule has 0 radical (unpaired) electrons. The van der Waals surface area contributed by atoms with Gasteiger partial charge in [-0.3, -0.25) is 4.79 Å². The van der Waals surface area contributed by atoms with E-state index in [-0.39, 0.29) is 24.4 Å². The number of carbonyl (C=O) groups excluding carboxylic acids is 1. The average Bonchev–Trinajstić information content (AvgIpc) is 2.49. The fraction of sp³-hybridized carbons (Fsp3) is 0.588. The monoisotopic (exact) mass is 328 g/mol. The fourth-order valence-corrected chi connectivity index (χ4v) is 2.13. The maximum atomic E-state index is 11.8. The lowest BCUT2D eigenvalue weighted by molar-refractivity contribution is -0.122. The summed E-state index contributed by atoms with van der Waals surface area (Å²) in [5, 5.41) is 2.99. The van der Waals surface area contributed by atoms with Gasteiger partial charge in [0.1, 0.15) is 5.75 Å². The summed E-state index contributed by atoms with van der Waals surface area (Å²) in [6.07, 6.45) is 4.37. The van der Waals surface area contributed by atoms with Gasteiger partial charge in [-0.2, -0.15) is 0 Å². The molecule has 0 aromatic heterocycles. The third-order valence-corrected chi connectivity index (χ3v) is 3.46. The first-order chi connectivity index (χ1) is 10.2. The first-order valence-corrected chi connectivity index (χ1v) is 7.85. The Bertz CT molecular complexity index is 427. The molecule has 0 aliphatic heterocycles. The van der Waals surface area contributed by atoms with Crippen LogP contribution in [0.15, 0.2) is 24.3 Å². The van der Waals surface area contributed by atoms with Crippen molar-refractivity contribution in [2.75, 3.05) is 13.2 Å². The van der Waals surface area contributed by atoms with Gasteiger partial charge in [-0.1, -0.05) is 38.0 Å². The van der Waals surface area contributed by atoms with E-state index in [1.165, 1.54) is 0 Å². The van der Waals surface area contributed by atoms with Crippen molar-refractivity contribution in [1.29, 1.82) is 0 Å². The maximum Gasteiger partial charge on any atom is 0.220 e. The molecule has 1 unspecified atom stereocenters. The van der Waals surface area contributed by atoms with Crippen LogP contribution in [-0.2, 0) is 4.79 Å². The smallest absolute Gasteiger partial charge is 0.220 e. The van der Waals surface area contributed by atoms with Crippen molar-refractivity contribution in [3.63, 3.8) is 0 Å². The molecular formula is C17H29ClN2O2. The van der Waals surface area contributed by atoms with Crippen LogP contribution in [0.5, 0.6) is 5.75 Å². The van der Waals surface area contributed by atoms with Gasteiger partial charge in [0, 0.05) is 19.0 Å². The molecule has 22 heavy (non-hydrogen) atoms. The fourth-order valence-electron chi connectivity index (χ4n) is 2.13. The van der Waals surface area contributed by atoms with Gasteiger partial charge in [-0.05, 0) is 31.4 Å². The highest BCUT2D eigenvalue weighted by Crippen LogP contribution is 2.16. The topological polar surface area (TPSA) is 64.3 Å². The van der Waals surface area contributed by atoms with Crippen molar-refractivity contribution < 1.29 is 9.53 Å². The van der Waals surface area contributed by atoms with Gasteiger partial charge in [-0.15, -0.1) is 12.4 Å². The van der Waals surface area contributed by atoms with Crippen LogP contribution in [0.4, 0.5) is 0 Å². The second-order valence-electron chi connectivity index (χ2n) is 5.36. The zero-order valence-corrected chi connectivity index (χ0v) is 14.5. The van der Waals surface area contributed by atoms with Crippen LogP contribution in [0.25, 0.3) is 0 Å². The van der Waals surface area contributed by atoms with E-state index in [1.807, 2.05) is 31.2 Å². The predicted octanol–water partition coefficient (Wildman–Crippen LogP) is 3.21. The SMILES string of the molecule is CCCCC(CN)NC(=O)CCCOc1ccccc1C.Cl. The molecule has 0 saturated carbocycles. The molecule has 1 atom stereocenters. The Morgan fingerprint density at radius 2 is 2.05 bits per heavy atom. The van der Waals surface area contributed by atoms with Crippen LogP contribution in [0.1, 0.15) is 44.6 Å². The normalized spacial score (nSPS) is 11.4. The second kappa shape index (κ2) is 12.3. The van der Waals surface area contributed by atoms with E-state index in [0.29, 0.717) is 26.0 Å².